The number of hydrogen-bond donors (Lipinski definition) is 2. The first kappa shape index (κ1) is 16.9. The molecule has 1 aromatic carbocycles. The number of carbonyl (C=O) groups is 1. The number of nitrogens with one attached hydrogen (secondary N) is 1. The van der Waals surface area contributed by atoms with Crippen LogP contribution in [0.25, 0.3) is 0 Å². The molecule has 0 saturated carbocycles. The highest BCUT2D eigenvalue weighted by Crippen LogP contribution is 2.25. The molecule has 1 atom stereocenters. The minimum atomic E-state index is -0.456. The van der Waals surface area contributed by atoms with Crippen molar-refractivity contribution < 1.29 is 4.79 Å². The van der Waals surface area contributed by atoms with Crippen LogP contribution in [0.2, 0.25) is 0 Å². The Morgan fingerprint density at radius 3 is 2.44 bits per heavy atom. The molecule has 3 N–H and O–H groups in total. The Morgan fingerprint density at radius 2 is 1.94 bits per heavy atom. The number of halogens is 1. The molecule has 0 fully saturated rings. The molecule has 102 valence electrons. The molecule has 0 saturated heterocycles. The normalized spacial score (nSPS) is 12.5. The first-order valence-electron chi connectivity index (χ1n) is 5.94. The van der Waals surface area contributed by atoms with E-state index in [9.17, 15) is 4.79 Å². The molecule has 1 rings (SSSR count). The Hall–Kier alpha value is -1.06. The van der Waals surface area contributed by atoms with Crippen LogP contribution in [0, 0.1) is 6.92 Å². The molecule has 0 aliphatic rings. The summed E-state index contributed by atoms with van der Waals surface area (Å²) in [6, 6.07) is 7.78. The molecule has 0 unspecified atom stereocenters. The number of aryl methyl sites for hydroxylation is 1. The number of hydrogen-bond acceptors (Lipinski definition) is 2. The van der Waals surface area contributed by atoms with Crippen molar-refractivity contribution in [3.05, 3.63) is 35.4 Å². The van der Waals surface area contributed by atoms with Crippen molar-refractivity contribution in [3.8, 4) is 0 Å². The van der Waals surface area contributed by atoms with Crippen molar-refractivity contribution in [2.24, 2.45) is 5.73 Å². The van der Waals surface area contributed by atoms with Crippen LogP contribution < -0.4 is 11.1 Å². The Bertz CT molecular complexity index is 403. The highest BCUT2D eigenvalue weighted by atomic mass is 35.5. The van der Waals surface area contributed by atoms with Crippen LogP contribution in [0.1, 0.15) is 31.9 Å². The van der Waals surface area contributed by atoms with Gasteiger partial charge in [-0.2, -0.15) is 0 Å². The van der Waals surface area contributed by atoms with Gasteiger partial charge in [0.15, 0.2) is 0 Å². The fraction of sp³-hybridized carbons (Fsp3) is 0.500. The predicted octanol–water partition coefficient (Wildman–Crippen LogP) is 2.16. The first-order chi connectivity index (χ1) is 7.84. The Balaban J connectivity index is 0.00000289. The summed E-state index contributed by atoms with van der Waals surface area (Å²) in [5, 5.41) is 2.88. The molecule has 4 heteroatoms. The smallest absolute Gasteiger partial charge is 0.236 e. The largest absolute Gasteiger partial charge is 0.354 e. The van der Waals surface area contributed by atoms with Crippen LogP contribution in [0.15, 0.2) is 24.3 Å². The van der Waals surface area contributed by atoms with E-state index in [1.807, 2.05) is 12.1 Å². The second-order valence-electron chi connectivity index (χ2n) is 5.21. The lowest BCUT2D eigenvalue weighted by molar-refractivity contribution is -0.122. The number of benzene rings is 1. The summed E-state index contributed by atoms with van der Waals surface area (Å²) in [4.78, 5) is 11.5. The van der Waals surface area contributed by atoms with E-state index in [-0.39, 0.29) is 23.7 Å². The lowest BCUT2D eigenvalue weighted by atomic mass is 9.82. The lowest BCUT2D eigenvalue weighted by Gasteiger charge is -2.27. The van der Waals surface area contributed by atoms with Gasteiger partial charge in [0.1, 0.15) is 0 Å². The topological polar surface area (TPSA) is 55.1 Å². The van der Waals surface area contributed by atoms with Crippen molar-refractivity contribution in [2.45, 2.75) is 39.2 Å². The number of rotatable bonds is 4. The van der Waals surface area contributed by atoms with Gasteiger partial charge in [-0.15, -0.1) is 12.4 Å². The zero-order valence-corrected chi connectivity index (χ0v) is 12.3. The van der Waals surface area contributed by atoms with Crippen molar-refractivity contribution in [1.29, 1.82) is 0 Å². The summed E-state index contributed by atoms with van der Waals surface area (Å²) in [7, 11) is 0. The highest BCUT2D eigenvalue weighted by Gasteiger charge is 2.23. The van der Waals surface area contributed by atoms with E-state index < -0.39 is 6.04 Å². The molecule has 0 aliphatic heterocycles. The maximum Gasteiger partial charge on any atom is 0.236 e. The van der Waals surface area contributed by atoms with Crippen LogP contribution in [-0.4, -0.2) is 18.5 Å². The molecule has 0 heterocycles. The minimum Gasteiger partial charge on any atom is -0.354 e. The van der Waals surface area contributed by atoms with E-state index in [4.69, 9.17) is 5.73 Å². The summed E-state index contributed by atoms with van der Waals surface area (Å²) in [5.41, 5.74) is 7.93. The quantitative estimate of drug-likeness (QED) is 0.881. The molecule has 1 aromatic rings. The third kappa shape index (κ3) is 4.31. The first-order valence-corrected chi connectivity index (χ1v) is 5.94. The molecule has 18 heavy (non-hydrogen) atoms. The van der Waals surface area contributed by atoms with Gasteiger partial charge < -0.3 is 11.1 Å². The average molecular weight is 271 g/mol. The standard InChI is InChI=1S/C14H22N2O.ClH/c1-10-7-5-6-8-12(10)14(3,4)9-16-13(17)11(2)15;/h5-8,11H,9,15H2,1-4H3,(H,16,17);1H/t11-;/m1./s1. The van der Waals surface area contributed by atoms with E-state index in [1.54, 1.807) is 6.92 Å². The van der Waals surface area contributed by atoms with Gasteiger partial charge in [0, 0.05) is 12.0 Å². The average Bonchev–Trinajstić information content (AvgIpc) is 2.26. The van der Waals surface area contributed by atoms with Crippen LogP contribution in [0.4, 0.5) is 0 Å². The highest BCUT2D eigenvalue weighted by molar-refractivity contribution is 5.85. The number of nitrogens with two attached hydrogens (primary N) is 1. The summed E-state index contributed by atoms with van der Waals surface area (Å²) < 4.78 is 0. The minimum absolute atomic E-state index is 0. The van der Waals surface area contributed by atoms with Gasteiger partial charge in [-0.1, -0.05) is 38.1 Å². The fourth-order valence-corrected chi connectivity index (χ4v) is 1.90. The van der Waals surface area contributed by atoms with E-state index in [0.29, 0.717) is 6.54 Å². The van der Waals surface area contributed by atoms with Crippen molar-refractivity contribution in [1.82, 2.24) is 5.32 Å². The van der Waals surface area contributed by atoms with E-state index >= 15 is 0 Å². The van der Waals surface area contributed by atoms with Crippen LogP contribution in [0.3, 0.4) is 0 Å². The van der Waals surface area contributed by atoms with Gasteiger partial charge in [0.05, 0.1) is 6.04 Å². The number of carbonyl (C=O) groups excluding carboxylic acids is 1. The molecule has 0 radical (unpaired) electrons. The van der Waals surface area contributed by atoms with Gasteiger partial charge in [0.25, 0.3) is 0 Å². The van der Waals surface area contributed by atoms with Crippen LogP contribution in [0.5, 0.6) is 0 Å². The summed E-state index contributed by atoms with van der Waals surface area (Å²) >= 11 is 0. The molecule has 0 aromatic heterocycles. The second-order valence-corrected chi connectivity index (χ2v) is 5.21. The van der Waals surface area contributed by atoms with Crippen LogP contribution in [-0.2, 0) is 10.2 Å². The van der Waals surface area contributed by atoms with Crippen molar-refractivity contribution in [3.63, 3.8) is 0 Å². The second kappa shape index (κ2) is 6.76. The molecule has 0 bridgehead atoms. The van der Waals surface area contributed by atoms with Crippen molar-refractivity contribution >= 4 is 18.3 Å². The van der Waals surface area contributed by atoms with Gasteiger partial charge in [-0.3, -0.25) is 4.79 Å². The SMILES string of the molecule is Cc1ccccc1C(C)(C)CNC(=O)[C@@H](C)N.Cl. The Morgan fingerprint density at radius 1 is 1.39 bits per heavy atom. The molecule has 0 aliphatic carbocycles. The maximum atomic E-state index is 11.5. The maximum absolute atomic E-state index is 11.5. The fourth-order valence-electron chi connectivity index (χ4n) is 1.90. The summed E-state index contributed by atoms with van der Waals surface area (Å²) in [6.07, 6.45) is 0. The summed E-state index contributed by atoms with van der Waals surface area (Å²) in [6.45, 7) is 8.62. The number of amides is 1. The molecule has 0 spiro atoms. The third-order valence-corrected chi connectivity index (χ3v) is 2.99. The van der Waals surface area contributed by atoms with Gasteiger partial charge in [0.2, 0.25) is 5.91 Å². The van der Waals surface area contributed by atoms with E-state index in [1.165, 1.54) is 11.1 Å². The zero-order valence-electron chi connectivity index (χ0n) is 11.5. The molecule has 3 nitrogen and oxygen atoms in total. The Labute approximate surface area is 116 Å². The van der Waals surface area contributed by atoms with Crippen molar-refractivity contribution in [2.75, 3.05) is 6.54 Å². The zero-order chi connectivity index (χ0) is 13.1. The van der Waals surface area contributed by atoms with Gasteiger partial charge in [-0.05, 0) is 25.0 Å². The lowest BCUT2D eigenvalue weighted by Crippen LogP contribution is -2.44. The Kier molecular flexibility index (Phi) is 6.36. The van der Waals surface area contributed by atoms with Gasteiger partial charge in [-0.25, -0.2) is 0 Å². The predicted molar refractivity (Wildman–Crippen MR) is 78.1 cm³/mol. The van der Waals surface area contributed by atoms with Gasteiger partial charge >= 0.3 is 0 Å². The third-order valence-electron chi connectivity index (χ3n) is 2.99. The molecular weight excluding hydrogens is 248 g/mol. The van der Waals surface area contributed by atoms with E-state index in [2.05, 4.69) is 38.2 Å². The molecular formula is C14H23ClN2O. The van der Waals surface area contributed by atoms with Crippen LogP contribution >= 0.6 is 12.4 Å². The van der Waals surface area contributed by atoms with E-state index in [0.717, 1.165) is 0 Å². The molecule has 1 amide bonds. The monoisotopic (exact) mass is 270 g/mol. The summed E-state index contributed by atoms with van der Waals surface area (Å²) in [5.74, 6) is -0.105.